The van der Waals surface area contributed by atoms with Crippen LogP contribution in [0.4, 0.5) is 4.39 Å². The number of hydrogen-bond acceptors (Lipinski definition) is 3. The van der Waals surface area contributed by atoms with E-state index in [-0.39, 0.29) is 6.54 Å². The molecule has 1 aliphatic heterocycles. The molecule has 0 spiro atoms. The molecule has 1 unspecified atom stereocenters. The molecule has 0 saturated carbocycles. The summed E-state index contributed by atoms with van der Waals surface area (Å²) in [4.78, 5) is 2.03. The van der Waals surface area contributed by atoms with Crippen LogP contribution < -0.4 is 0 Å². The summed E-state index contributed by atoms with van der Waals surface area (Å²) in [6, 6.07) is 8.25. The van der Waals surface area contributed by atoms with Crippen molar-refractivity contribution in [2.75, 3.05) is 19.7 Å². The zero-order valence-electron chi connectivity index (χ0n) is 12.1. The number of aryl methyl sites for hydroxylation is 1. The van der Waals surface area contributed by atoms with Crippen LogP contribution in [0.3, 0.4) is 0 Å². The molecule has 0 amide bonds. The summed E-state index contributed by atoms with van der Waals surface area (Å²) in [6.07, 6.45) is 2.19. The molecule has 2 heterocycles. The van der Waals surface area contributed by atoms with Crippen molar-refractivity contribution < 1.29 is 9.50 Å². The summed E-state index contributed by atoms with van der Waals surface area (Å²) < 4.78 is 14.1. The molecule has 1 aromatic heterocycles. The van der Waals surface area contributed by atoms with E-state index in [1.807, 2.05) is 4.90 Å². The normalized spacial score (nSPS) is 22.8. The first kappa shape index (κ1) is 14.2. The maximum Gasteiger partial charge on any atom is 0.147 e. The Morgan fingerprint density at radius 3 is 2.81 bits per heavy atom. The molecule has 1 saturated heterocycles. The van der Waals surface area contributed by atoms with Crippen LogP contribution in [0.15, 0.2) is 30.5 Å². The third kappa shape index (κ3) is 2.99. The van der Waals surface area contributed by atoms with E-state index in [1.54, 1.807) is 6.20 Å². The molecule has 112 valence electrons. The van der Waals surface area contributed by atoms with Gasteiger partial charge in [-0.05, 0) is 18.9 Å². The first-order valence-electron chi connectivity index (χ1n) is 7.21. The number of nitrogens with zero attached hydrogens (tertiary/aromatic N) is 2. The van der Waals surface area contributed by atoms with Gasteiger partial charge in [-0.3, -0.25) is 10.00 Å². The third-order valence-electron chi connectivity index (χ3n) is 4.12. The second kappa shape index (κ2) is 5.58. The second-order valence-corrected chi connectivity index (χ2v) is 5.91. The van der Waals surface area contributed by atoms with Gasteiger partial charge in [0.25, 0.3) is 0 Å². The van der Waals surface area contributed by atoms with Crippen molar-refractivity contribution in [3.63, 3.8) is 0 Å². The summed E-state index contributed by atoms with van der Waals surface area (Å²) in [5.74, 6) is 0. The van der Waals surface area contributed by atoms with E-state index < -0.39 is 12.3 Å². The average molecular weight is 289 g/mol. The minimum atomic E-state index is -1.45. The molecule has 1 aromatic carbocycles. The van der Waals surface area contributed by atoms with Crippen LogP contribution in [0.25, 0.3) is 11.3 Å². The molecule has 5 heteroatoms. The molecule has 1 aliphatic rings. The number of benzene rings is 1. The van der Waals surface area contributed by atoms with Gasteiger partial charge in [0.05, 0.1) is 18.5 Å². The number of aromatic amines is 1. The number of rotatable bonds is 4. The van der Waals surface area contributed by atoms with Gasteiger partial charge >= 0.3 is 0 Å². The fourth-order valence-corrected chi connectivity index (χ4v) is 2.82. The van der Waals surface area contributed by atoms with Crippen LogP contribution in [-0.2, 0) is 6.54 Å². The highest BCUT2D eigenvalue weighted by Crippen LogP contribution is 2.28. The maximum absolute atomic E-state index is 14.1. The van der Waals surface area contributed by atoms with Gasteiger partial charge in [0, 0.05) is 25.2 Å². The predicted octanol–water partition coefficient (Wildman–Crippen LogP) is 2.29. The van der Waals surface area contributed by atoms with E-state index in [4.69, 9.17) is 5.11 Å². The van der Waals surface area contributed by atoms with Gasteiger partial charge in [-0.25, -0.2) is 4.39 Å². The number of likely N-dealkylation sites (tertiary alicyclic amines) is 1. The topological polar surface area (TPSA) is 52.2 Å². The maximum atomic E-state index is 14.1. The highest BCUT2D eigenvalue weighted by atomic mass is 19.1. The standard InChI is InChI=1S/C16H20FN3O/c1-12-2-4-13(5-3-12)15-14(8-18-19-15)9-20-7-6-16(17,10-20)11-21/h2-5,8,21H,6-7,9-11H2,1H3,(H,18,19). The van der Waals surface area contributed by atoms with Gasteiger partial charge in [-0.2, -0.15) is 5.10 Å². The van der Waals surface area contributed by atoms with Crippen molar-refractivity contribution in [2.24, 2.45) is 0 Å². The molecule has 0 radical (unpaired) electrons. The van der Waals surface area contributed by atoms with Gasteiger partial charge in [0.15, 0.2) is 0 Å². The Labute approximate surface area is 123 Å². The third-order valence-corrected chi connectivity index (χ3v) is 4.12. The van der Waals surface area contributed by atoms with E-state index in [0.717, 1.165) is 16.8 Å². The van der Waals surface area contributed by atoms with Crippen molar-refractivity contribution in [1.29, 1.82) is 0 Å². The molecule has 0 bridgehead atoms. The van der Waals surface area contributed by atoms with Crippen molar-refractivity contribution in [1.82, 2.24) is 15.1 Å². The number of aliphatic hydroxyl groups excluding tert-OH is 1. The largest absolute Gasteiger partial charge is 0.393 e. The molecule has 1 fully saturated rings. The van der Waals surface area contributed by atoms with Crippen LogP contribution in [0.1, 0.15) is 17.5 Å². The fourth-order valence-electron chi connectivity index (χ4n) is 2.82. The molecule has 4 nitrogen and oxygen atoms in total. The number of aromatic nitrogens is 2. The Kier molecular flexibility index (Phi) is 3.78. The lowest BCUT2D eigenvalue weighted by atomic mass is 10.1. The predicted molar refractivity (Wildman–Crippen MR) is 79.6 cm³/mol. The minimum absolute atomic E-state index is 0.280. The van der Waals surface area contributed by atoms with Gasteiger partial charge in [-0.1, -0.05) is 29.8 Å². The van der Waals surface area contributed by atoms with Gasteiger partial charge in [-0.15, -0.1) is 0 Å². The smallest absolute Gasteiger partial charge is 0.147 e. The number of H-pyrrole nitrogens is 1. The summed E-state index contributed by atoms with van der Waals surface area (Å²) in [5, 5.41) is 16.3. The van der Waals surface area contributed by atoms with E-state index in [2.05, 4.69) is 41.4 Å². The average Bonchev–Trinajstić information content (AvgIpc) is 3.08. The SMILES string of the molecule is Cc1ccc(-c2[nH]ncc2CN2CCC(F)(CO)C2)cc1. The van der Waals surface area contributed by atoms with Crippen molar-refractivity contribution in [3.05, 3.63) is 41.6 Å². The van der Waals surface area contributed by atoms with Crippen LogP contribution in [0.2, 0.25) is 0 Å². The monoisotopic (exact) mass is 289 g/mol. The fraction of sp³-hybridized carbons (Fsp3) is 0.438. The lowest BCUT2D eigenvalue weighted by molar-refractivity contribution is 0.0769. The minimum Gasteiger partial charge on any atom is -0.393 e. The first-order chi connectivity index (χ1) is 10.1. The summed E-state index contributed by atoms with van der Waals surface area (Å²) in [6.45, 7) is 3.24. The van der Waals surface area contributed by atoms with E-state index in [1.165, 1.54) is 5.56 Å². The Morgan fingerprint density at radius 2 is 2.14 bits per heavy atom. The van der Waals surface area contributed by atoms with Gasteiger partial charge in [0.1, 0.15) is 5.67 Å². The van der Waals surface area contributed by atoms with Crippen LogP contribution >= 0.6 is 0 Å². The number of aliphatic hydroxyl groups is 1. The van der Waals surface area contributed by atoms with Gasteiger partial charge in [0.2, 0.25) is 0 Å². The highest BCUT2D eigenvalue weighted by molar-refractivity contribution is 5.62. The van der Waals surface area contributed by atoms with E-state index in [9.17, 15) is 4.39 Å². The summed E-state index contributed by atoms with van der Waals surface area (Å²) in [5.41, 5.74) is 2.88. The molecular weight excluding hydrogens is 269 g/mol. The number of nitrogens with one attached hydrogen (secondary N) is 1. The molecular formula is C16H20FN3O. The Bertz CT molecular complexity index is 610. The summed E-state index contributed by atoms with van der Waals surface area (Å²) >= 11 is 0. The van der Waals surface area contributed by atoms with Gasteiger partial charge < -0.3 is 5.11 Å². The Hall–Kier alpha value is -1.72. The number of alkyl halides is 1. The summed E-state index contributed by atoms with van der Waals surface area (Å²) in [7, 11) is 0. The van der Waals surface area contributed by atoms with E-state index >= 15 is 0 Å². The highest BCUT2D eigenvalue weighted by Gasteiger charge is 2.37. The second-order valence-electron chi connectivity index (χ2n) is 5.91. The van der Waals surface area contributed by atoms with Crippen LogP contribution in [0.5, 0.6) is 0 Å². The zero-order valence-corrected chi connectivity index (χ0v) is 12.1. The first-order valence-corrected chi connectivity index (χ1v) is 7.21. The molecule has 0 aliphatic carbocycles. The molecule has 3 rings (SSSR count). The van der Waals surface area contributed by atoms with Crippen LogP contribution in [0, 0.1) is 6.92 Å². The number of hydrogen-bond donors (Lipinski definition) is 2. The van der Waals surface area contributed by atoms with Crippen molar-refractivity contribution >= 4 is 0 Å². The lowest BCUT2D eigenvalue weighted by Gasteiger charge is -2.18. The Morgan fingerprint density at radius 1 is 1.38 bits per heavy atom. The molecule has 1 atom stereocenters. The lowest BCUT2D eigenvalue weighted by Crippen LogP contribution is -2.32. The molecule has 21 heavy (non-hydrogen) atoms. The quantitative estimate of drug-likeness (QED) is 0.908. The Balaban J connectivity index is 1.76. The van der Waals surface area contributed by atoms with E-state index in [0.29, 0.717) is 19.5 Å². The number of halogens is 1. The molecule has 2 N–H and O–H groups in total. The van der Waals surface area contributed by atoms with Crippen molar-refractivity contribution in [3.8, 4) is 11.3 Å². The van der Waals surface area contributed by atoms with Crippen molar-refractivity contribution in [2.45, 2.75) is 25.6 Å². The molecule has 2 aromatic rings. The van der Waals surface area contributed by atoms with Crippen LogP contribution in [-0.4, -0.2) is 45.6 Å². The zero-order chi connectivity index (χ0) is 14.9.